The number of benzene rings is 2. The Morgan fingerprint density at radius 1 is 1.05 bits per heavy atom. The third-order valence-electron chi connectivity index (χ3n) is 5.82. The number of aromatic nitrogens is 5. The Balaban J connectivity index is 1.63. The van der Waals surface area contributed by atoms with Crippen LogP contribution in [0.4, 0.5) is 28.9 Å². The zero-order chi connectivity index (χ0) is 26.3. The fraction of sp³-hybridized carbons (Fsp3) is 0.120. The van der Waals surface area contributed by atoms with Crippen molar-refractivity contribution in [2.75, 3.05) is 11.9 Å². The number of aryl methyl sites for hydroxylation is 1. The van der Waals surface area contributed by atoms with Gasteiger partial charge in [0.2, 0.25) is 0 Å². The summed E-state index contributed by atoms with van der Waals surface area (Å²) in [5, 5.41) is 28.2. The molecule has 0 saturated heterocycles. The second kappa shape index (κ2) is 9.36. The predicted octanol–water partition coefficient (Wildman–Crippen LogP) is 4.83. The number of nitriles is 1. The average molecular weight is 507 g/mol. The van der Waals surface area contributed by atoms with Crippen molar-refractivity contribution in [2.45, 2.75) is 13.3 Å². The van der Waals surface area contributed by atoms with Crippen LogP contribution in [0.1, 0.15) is 17.0 Å². The molecule has 0 fully saturated rings. The molecule has 2 aromatic carbocycles. The van der Waals surface area contributed by atoms with E-state index in [1.165, 1.54) is 12.4 Å². The number of nitrogens with zero attached hydrogens (tertiary/aromatic N) is 5. The number of hydrogen-bond acceptors (Lipinski definition) is 6. The maximum Gasteiger partial charge on any atom is 0.196 e. The molecule has 3 N–H and O–H groups in total. The number of pyridine rings is 1. The van der Waals surface area contributed by atoms with Gasteiger partial charge in [-0.05, 0) is 43.2 Å². The molecule has 12 heteroatoms. The number of aromatic amines is 1. The summed E-state index contributed by atoms with van der Waals surface area (Å²) in [5.74, 6) is -4.96. The van der Waals surface area contributed by atoms with E-state index in [9.17, 15) is 27.9 Å². The molecule has 0 unspecified atom stereocenters. The Morgan fingerprint density at radius 3 is 2.62 bits per heavy atom. The van der Waals surface area contributed by atoms with Crippen LogP contribution < -0.4 is 5.32 Å². The van der Waals surface area contributed by atoms with E-state index in [1.54, 1.807) is 23.6 Å². The molecule has 0 amide bonds. The van der Waals surface area contributed by atoms with E-state index in [4.69, 9.17) is 4.98 Å². The zero-order valence-corrected chi connectivity index (χ0v) is 19.2. The van der Waals surface area contributed by atoms with Gasteiger partial charge in [0.05, 0.1) is 33.7 Å². The Hall–Kier alpha value is -4.76. The van der Waals surface area contributed by atoms with Crippen molar-refractivity contribution >= 4 is 22.4 Å². The normalized spacial score (nSPS) is 11.2. The quantitative estimate of drug-likeness (QED) is 0.224. The summed E-state index contributed by atoms with van der Waals surface area (Å²) in [5.41, 5.74) is 2.33. The molecule has 8 nitrogen and oxygen atoms in total. The molecule has 3 aromatic heterocycles. The van der Waals surface area contributed by atoms with Gasteiger partial charge in [-0.25, -0.2) is 27.5 Å². The molecule has 0 radical (unpaired) electrons. The van der Waals surface area contributed by atoms with E-state index in [1.807, 2.05) is 6.07 Å². The monoisotopic (exact) mass is 507 g/mol. The molecule has 0 atom stereocenters. The number of rotatable bonds is 6. The van der Waals surface area contributed by atoms with E-state index >= 15 is 0 Å². The van der Waals surface area contributed by atoms with Crippen molar-refractivity contribution in [3.63, 3.8) is 0 Å². The molecule has 3 heterocycles. The Labute approximate surface area is 206 Å². The van der Waals surface area contributed by atoms with Crippen LogP contribution in [0.5, 0.6) is 0 Å². The number of H-pyrrole nitrogens is 1. The first kappa shape index (κ1) is 24.0. The van der Waals surface area contributed by atoms with Crippen molar-refractivity contribution < 1.29 is 22.7 Å². The van der Waals surface area contributed by atoms with Crippen molar-refractivity contribution in [3.05, 3.63) is 82.9 Å². The number of nitrogens with one attached hydrogen (secondary N) is 2. The summed E-state index contributed by atoms with van der Waals surface area (Å²) >= 11 is 0. The molecule has 0 spiro atoms. The van der Waals surface area contributed by atoms with E-state index in [0.29, 0.717) is 33.8 Å². The van der Waals surface area contributed by atoms with E-state index in [0.717, 1.165) is 18.2 Å². The summed E-state index contributed by atoms with van der Waals surface area (Å²) in [6, 6.07) is 9.58. The molecule has 0 aliphatic rings. The fourth-order valence-electron chi connectivity index (χ4n) is 4.03. The highest BCUT2D eigenvalue weighted by atomic mass is 19.2. The molecule has 37 heavy (non-hydrogen) atoms. The highest BCUT2D eigenvalue weighted by molar-refractivity contribution is 5.83. The summed E-state index contributed by atoms with van der Waals surface area (Å²) < 4.78 is 57.4. The highest BCUT2D eigenvalue weighted by Gasteiger charge is 2.20. The summed E-state index contributed by atoms with van der Waals surface area (Å²) in [6.07, 6.45) is 1.69. The molecule has 0 bridgehead atoms. The molecular formula is C25H17F4N7O. The number of imidazole rings is 1. The first-order valence-corrected chi connectivity index (χ1v) is 11.0. The third-order valence-corrected chi connectivity index (χ3v) is 5.82. The van der Waals surface area contributed by atoms with Crippen LogP contribution in [-0.4, -0.2) is 36.4 Å². The maximum absolute atomic E-state index is 14.8. The van der Waals surface area contributed by atoms with Gasteiger partial charge in [0.15, 0.2) is 23.1 Å². The van der Waals surface area contributed by atoms with Gasteiger partial charge in [-0.2, -0.15) is 10.4 Å². The van der Waals surface area contributed by atoms with Gasteiger partial charge < -0.3 is 10.4 Å². The van der Waals surface area contributed by atoms with Crippen LogP contribution in [0, 0.1) is 41.5 Å². The lowest BCUT2D eigenvalue weighted by Gasteiger charge is -2.13. The second-order valence-corrected chi connectivity index (χ2v) is 8.12. The van der Waals surface area contributed by atoms with Gasteiger partial charge in [-0.3, -0.25) is 9.67 Å². The minimum atomic E-state index is -1.68. The van der Waals surface area contributed by atoms with Crippen molar-refractivity contribution in [1.29, 1.82) is 5.26 Å². The van der Waals surface area contributed by atoms with Crippen LogP contribution in [0.2, 0.25) is 0 Å². The lowest BCUT2D eigenvalue weighted by atomic mass is 10.0. The minimum absolute atomic E-state index is 0.138. The maximum atomic E-state index is 14.8. The summed E-state index contributed by atoms with van der Waals surface area (Å²) in [7, 11) is 0. The van der Waals surface area contributed by atoms with Crippen molar-refractivity contribution in [1.82, 2.24) is 24.7 Å². The Kier molecular flexibility index (Phi) is 6.06. The lowest BCUT2D eigenvalue weighted by Crippen LogP contribution is -2.04. The highest BCUT2D eigenvalue weighted by Crippen LogP contribution is 2.32. The van der Waals surface area contributed by atoms with Crippen molar-refractivity contribution in [3.8, 4) is 23.1 Å². The Bertz CT molecular complexity index is 1700. The molecule has 0 saturated carbocycles. The molecular weight excluding hydrogens is 490 g/mol. The average Bonchev–Trinajstić information content (AvgIpc) is 3.47. The van der Waals surface area contributed by atoms with Crippen LogP contribution in [0.3, 0.4) is 0 Å². The van der Waals surface area contributed by atoms with Gasteiger partial charge >= 0.3 is 0 Å². The molecule has 186 valence electrons. The fourth-order valence-corrected chi connectivity index (χ4v) is 4.03. The van der Waals surface area contributed by atoms with Gasteiger partial charge in [0, 0.05) is 18.4 Å². The van der Waals surface area contributed by atoms with Crippen LogP contribution >= 0.6 is 0 Å². The molecule has 0 aliphatic carbocycles. The number of aliphatic hydroxyl groups is 1. The van der Waals surface area contributed by atoms with E-state index < -0.39 is 29.0 Å². The summed E-state index contributed by atoms with van der Waals surface area (Å²) in [6.45, 7) is 1.60. The van der Waals surface area contributed by atoms with Crippen LogP contribution in [0.15, 0.2) is 42.7 Å². The zero-order valence-electron chi connectivity index (χ0n) is 19.2. The Morgan fingerprint density at radius 2 is 1.86 bits per heavy atom. The van der Waals surface area contributed by atoms with E-state index in [-0.39, 0.29) is 29.9 Å². The minimum Gasteiger partial charge on any atom is -0.396 e. The number of hydrogen-bond donors (Lipinski definition) is 3. The predicted molar refractivity (Wildman–Crippen MR) is 126 cm³/mol. The smallest absolute Gasteiger partial charge is 0.196 e. The van der Waals surface area contributed by atoms with Crippen LogP contribution in [0.25, 0.3) is 28.1 Å². The topological polar surface area (TPSA) is 115 Å². The number of fused-ring (bicyclic) bond motifs is 1. The second-order valence-electron chi connectivity index (χ2n) is 8.12. The largest absolute Gasteiger partial charge is 0.396 e. The van der Waals surface area contributed by atoms with Gasteiger partial charge in [0.25, 0.3) is 0 Å². The van der Waals surface area contributed by atoms with Crippen molar-refractivity contribution in [2.24, 2.45) is 0 Å². The summed E-state index contributed by atoms with van der Waals surface area (Å²) in [4.78, 5) is 8.91. The van der Waals surface area contributed by atoms with E-state index in [2.05, 4.69) is 20.5 Å². The SMILES string of the molecule is Cc1[nH]nc(C#N)c1-c1nc(-n2cnc3cc(F)c(Nc4ccc(F)c(F)c4F)cc32)ccc1CCO. The molecule has 0 aliphatic heterocycles. The number of anilines is 2. The third kappa shape index (κ3) is 4.15. The first-order valence-electron chi connectivity index (χ1n) is 11.0. The number of halogens is 4. The van der Waals surface area contributed by atoms with Crippen LogP contribution in [-0.2, 0) is 6.42 Å². The standard InChI is InChI=1S/C25H17F4N7O/c1-12-22(19(10-30)35-34-12)25-13(6-7-37)2-5-21(33-25)36-11-31-18-8-15(27)17(9-20(18)36)32-16-4-3-14(26)23(28)24(16)29/h2-5,8-9,11,32,37H,6-7H2,1H3,(H,34,35). The number of aliphatic hydroxyl groups excluding tert-OH is 1. The first-order chi connectivity index (χ1) is 17.8. The van der Waals surface area contributed by atoms with Gasteiger partial charge in [-0.15, -0.1) is 0 Å². The molecule has 5 aromatic rings. The van der Waals surface area contributed by atoms with Gasteiger partial charge in [0.1, 0.15) is 24.0 Å². The lowest BCUT2D eigenvalue weighted by molar-refractivity contribution is 0.299. The van der Waals surface area contributed by atoms with Gasteiger partial charge in [-0.1, -0.05) is 6.07 Å². The molecule has 5 rings (SSSR count).